The van der Waals surface area contributed by atoms with Crippen molar-refractivity contribution in [3.63, 3.8) is 0 Å². The molecule has 0 saturated heterocycles. The molecule has 4 rings (SSSR count). The number of nitrogens with zero attached hydrogens (tertiary/aromatic N) is 1. The first-order valence-corrected chi connectivity index (χ1v) is 8.16. The minimum absolute atomic E-state index is 0.000867. The number of aromatic amines is 1. The summed E-state index contributed by atoms with van der Waals surface area (Å²) < 4.78 is 0. The molecule has 3 heterocycles. The maximum Gasteiger partial charge on any atom is 0.253 e. The topological polar surface area (TPSA) is 57.8 Å². The van der Waals surface area contributed by atoms with Gasteiger partial charge < -0.3 is 10.3 Å². The van der Waals surface area contributed by atoms with Crippen molar-refractivity contribution in [1.29, 1.82) is 0 Å². The number of carbonyl (C=O) groups excluding carboxylic acids is 1. The van der Waals surface area contributed by atoms with Crippen LogP contribution in [0.5, 0.6) is 0 Å². The molecule has 0 fully saturated rings. The maximum absolute atomic E-state index is 12.1. The molecule has 120 valence electrons. The lowest BCUT2D eigenvalue weighted by Crippen LogP contribution is -2.38. The fourth-order valence-corrected chi connectivity index (χ4v) is 3.16. The molecule has 0 aliphatic carbocycles. The van der Waals surface area contributed by atoms with E-state index in [2.05, 4.69) is 52.5 Å². The molecule has 1 amide bonds. The third-order valence-corrected chi connectivity index (χ3v) is 4.45. The highest BCUT2D eigenvalue weighted by molar-refractivity contribution is 5.98. The Morgan fingerprint density at radius 1 is 1.08 bits per heavy atom. The molecule has 4 heteroatoms. The van der Waals surface area contributed by atoms with Crippen LogP contribution < -0.4 is 5.32 Å². The van der Waals surface area contributed by atoms with E-state index < -0.39 is 0 Å². The predicted octanol–water partition coefficient (Wildman–Crippen LogP) is 3.73. The van der Waals surface area contributed by atoms with E-state index >= 15 is 0 Å². The smallest absolute Gasteiger partial charge is 0.253 e. The second kappa shape index (κ2) is 5.64. The monoisotopic (exact) mass is 317 g/mol. The standard InChI is InChI=1S/C20H19N3O/c1-12-3-5-14(6-4-12)17-10-15(7-8-21-17)18-11-16-19(23-18)9-13(2)22-20(16)24/h3-8,10-11,13,23H,9H2,1-2H3,(H,22,24)/t13-/m1/s1. The summed E-state index contributed by atoms with van der Waals surface area (Å²) in [6.45, 7) is 4.09. The van der Waals surface area contributed by atoms with E-state index in [1.807, 2.05) is 25.3 Å². The number of hydrogen-bond acceptors (Lipinski definition) is 2. The van der Waals surface area contributed by atoms with Gasteiger partial charge >= 0.3 is 0 Å². The van der Waals surface area contributed by atoms with Gasteiger partial charge in [0.05, 0.1) is 11.3 Å². The van der Waals surface area contributed by atoms with Crippen LogP contribution in [-0.2, 0) is 6.42 Å². The number of rotatable bonds is 2. The van der Waals surface area contributed by atoms with Crippen molar-refractivity contribution in [2.45, 2.75) is 26.3 Å². The zero-order valence-electron chi connectivity index (χ0n) is 13.8. The quantitative estimate of drug-likeness (QED) is 0.756. The average Bonchev–Trinajstić information content (AvgIpc) is 3.00. The lowest BCUT2D eigenvalue weighted by molar-refractivity contribution is 0.0929. The molecule has 0 bridgehead atoms. The number of aromatic nitrogens is 2. The van der Waals surface area contributed by atoms with Crippen molar-refractivity contribution < 1.29 is 4.79 Å². The van der Waals surface area contributed by atoms with Crippen molar-refractivity contribution >= 4 is 5.91 Å². The molecule has 3 aromatic rings. The minimum Gasteiger partial charge on any atom is -0.358 e. The fraction of sp³-hybridized carbons (Fsp3) is 0.200. The molecule has 2 aromatic heterocycles. The second-order valence-corrected chi connectivity index (χ2v) is 6.45. The highest BCUT2D eigenvalue weighted by atomic mass is 16.1. The lowest BCUT2D eigenvalue weighted by atomic mass is 10.0. The van der Waals surface area contributed by atoms with Crippen LogP contribution >= 0.6 is 0 Å². The third kappa shape index (κ3) is 2.60. The molecule has 0 unspecified atom stereocenters. The van der Waals surface area contributed by atoms with Gasteiger partial charge in [-0.3, -0.25) is 9.78 Å². The molecule has 1 atom stereocenters. The lowest BCUT2D eigenvalue weighted by Gasteiger charge is -2.19. The number of aryl methyl sites for hydroxylation is 1. The molecule has 24 heavy (non-hydrogen) atoms. The summed E-state index contributed by atoms with van der Waals surface area (Å²) in [5.41, 5.74) is 7.00. The van der Waals surface area contributed by atoms with E-state index in [-0.39, 0.29) is 11.9 Å². The van der Waals surface area contributed by atoms with Crippen LogP contribution in [0.25, 0.3) is 22.5 Å². The largest absolute Gasteiger partial charge is 0.358 e. The third-order valence-electron chi connectivity index (χ3n) is 4.45. The van der Waals surface area contributed by atoms with Gasteiger partial charge in [0.1, 0.15) is 0 Å². The Kier molecular flexibility index (Phi) is 3.45. The first kappa shape index (κ1) is 14.7. The van der Waals surface area contributed by atoms with Gasteiger partial charge in [-0.15, -0.1) is 0 Å². The van der Waals surface area contributed by atoms with Crippen molar-refractivity contribution in [3.8, 4) is 22.5 Å². The van der Waals surface area contributed by atoms with Crippen molar-refractivity contribution in [2.75, 3.05) is 0 Å². The van der Waals surface area contributed by atoms with Crippen LogP contribution in [0, 0.1) is 6.92 Å². The highest BCUT2D eigenvalue weighted by Gasteiger charge is 2.24. The van der Waals surface area contributed by atoms with Crippen LogP contribution in [-0.4, -0.2) is 21.9 Å². The molecular weight excluding hydrogens is 298 g/mol. The Morgan fingerprint density at radius 3 is 2.67 bits per heavy atom. The van der Waals surface area contributed by atoms with Crippen LogP contribution in [0.2, 0.25) is 0 Å². The highest BCUT2D eigenvalue weighted by Crippen LogP contribution is 2.27. The first-order chi connectivity index (χ1) is 11.6. The number of H-pyrrole nitrogens is 1. The van der Waals surface area contributed by atoms with Gasteiger partial charge in [0.25, 0.3) is 5.91 Å². The number of nitrogens with one attached hydrogen (secondary N) is 2. The predicted molar refractivity (Wildman–Crippen MR) is 94.8 cm³/mol. The summed E-state index contributed by atoms with van der Waals surface area (Å²) in [7, 11) is 0. The molecule has 1 aliphatic heterocycles. The van der Waals surface area contributed by atoms with Gasteiger partial charge in [-0.05, 0) is 32.0 Å². The van der Waals surface area contributed by atoms with Gasteiger partial charge in [0.2, 0.25) is 0 Å². The molecule has 1 aliphatic rings. The van der Waals surface area contributed by atoms with E-state index in [1.165, 1.54) is 5.56 Å². The minimum atomic E-state index is -0.000867. The Bertz CT molecular complexity index is 909. The van der Waals surface area contributed by atoms with Crippen LogP contribution in [0.1, 0.15) is 28.5 Å². The first-order valence-electron chi connectivity index (χ1n) is 8.16. The van der Waals surface area contributed by atoms with E-state index in [0.29, 0.717) is 0 Å². The summed E-state index contributed by atoms with van der Waals surface area (Å²) in [5.74, 6) is -0.000867. The van der Waals surface area contributed by atoms with E-state index in [1.54, 1.807) is 0 Å². The van der Waals surface area contributed by atoms with Gasteiger partial charge in [0, 0.05) is 41.2 Å². The van der Waals surface area contributed by atoms with Gasteiger partial charge in [-0.2, -0.15) is 0 Å². The number of hydrogen-bond donors (Lipinski definition) is 2. The van der Waals surface area contributed by atoms with Crippen LogP contribution in [0.3, 0.4) is 0 Å². The number of carbonyl (C=O) groups is 1. The molecule has 4 nitrogen and oxygen atoms in total. The normalized spacial score (nSPS) is 16.6. The van der Waals surface area contributed by atoms with Crippen molar-refractivity contribution in [3.05, 3.63) is 65.5 Å². The van der Waals surface area contributed by atoms with E-state index in [9.17, 15) is 4.79 Å². The maximum atomic E-state index is 12.1. The van der Waals surface area contributed by atoms with Crippen LogP contribution in [0.15, 0.2) is 48.7 Å². The van der Waals surface area contributed by atoms with E-state index in [4.69, 9.17) is 0 Å². The molecule has 0 radical (unpaired) electrons. The Hall–Kier alpha value is -2.88. The molecular formula is C20H19N3O. The second-order valence-electron chi connectivity index (χ2n) is 6.45. The number of benzene rings is 1. The summed E-state index contributed by atoms with van der Waals surface area (Å²) in [6.07, 6.45) is 2.64. The molecule has 2 N–H and O–H groups in total. The van der Waals surface area contributed by atoms with Gasteiger partial charge in [0.15, 0.2) is 0 Å². The Morgan fingerprint density at radius 2 is 1.88 bits per heavy atom. The summed E-state index contributed by atoms with van der Waals surface area (Å²) in [6, 6.07) is 14.5. The number of amides is 1. The Balaban J connectivity index is 1.73. The fourth-order valence-electron chi connectivity index (χ4n) is 3.16. The molecule has 0 spiro atoms. The average molecular weight is 317 g/mol. The number of pyridine rings is 1. The zero-order valence-corrected chi connectivity index (χ0v) is 13.8. The summed E-state index contributed by atoms with van der Waals surface area (Å²) >= 11 is 0. The Labute approximate surface area is 141 Å². The molecule has 1 aromatic carbocycles. The van der Waals surface area contributed by atoms with Gasteiger partial charge in [-0.25, -0.2) is 0 Å². The zero-order chi connectivity index (χ0) is 16.7. The summed E-state index contributed by atoms with van der Waals surface area (Å²) in [5, 5.41) is 2.97. The SMILES string of the molecule is Cc1ccc(-c2cc(-c3cc4c([nH]3)C[C@@H](C)NC4=O)ccn2)cc1. The molecule has 0 saturated carbocycles. The van der Waals surface area contributed by atoms with Crippen molar-refractivity contribution in [1.82, 2.24) is 15.3 Å². The van der Waals surface area contributed by atoms with Crippen molar-refractivity contribution in [2.24, 2.45) is 0 Å². The summed E-state index contributed by atoms with van der Waals surface area (Å²) in [4.78, 5) is 20.0. The van der Waals surface area contributed by atoms with E-state index in [0.717, 1.165) is 40.2 Å². The van der Waals surface area contributed by atoms with Gasteiger partial charge in [-0.1, -0.05) is 29.8 Å². The van der Waals surface area contributed by atoms with Crippen LogP contribution in [0.4, 0.5) is 0 Å². The number of fused-ring (bicyclic) bond motifs is 1.